The minimum atomic E-state index is -2.90. The van der Waals surface area contributed by atoms with E-state index in [4.69, 9.17) is 0 Å². The van der Waals surface area contributed by atoms with Crippen LogP contribution in [0.15, 0.2) is 59.7 Å². The Morgan fingerprint density at radius 3 is 1.42 bits per heavy atom. The summed E-state index contributed by atoms with van der Waals surface area (Å²) in [7, 11) is 0. The topological polar surface area (TPSA) is 0 Å². The van der Waals surface area contributed by atoms with Crippen molar-refractivity contribution in [1.82, 2.24) is 0 Å². The van der Waals surface area contributed by atoms with Gasteiger partial charge in [0.05, 0.1) is 0 Å². The first-order valence-corrected chi connectivity index (χ1v) is 21.0. The summed E-state index contributed by atoms with van der Waals surface area (Å²) in [6, 6.07) is 19.0. The van der Waals surface area contributed by atoms with Crippen molar-refractivity contribution in [1.29, 1.82) is 0 Å². The van der Waals surface area contributed by atoms with E-state index >= 15 is 0 Å². The van der Waals surface area contributed by atoms with E-state index in [2.05, 4.69) is 88.4 Å². The van der Waals surface area contributed by atoms with Crippen molar-refractivity contribution >= 4 is 37.0 Å². The van der Waals surface area contributed by atoms with Crippen molar-refractivity contribution in [3.8, 4) is 0 Å². The van der Waals surface area contributed by atoms with Gasteiger partial charge >= 0.3 is 194 Å². The Balaban J connectivity index is 0.00000130. The molecule has 0 bridgehead atoms. The van der Waals surface area contributed by atoms with Gasteiger partial charge in [-0.25, -0.2) is 0 Å². The van der Waals surface area contributed by atoms with Gasteiger partial charge in [-0.1, -0.05) is 0 Å². The van der Waals surface area contributed by atoms with Crippen LogP contribution in [0.3, 0.4) is 0 Å². The average Bonchev–Trinajstić information content (AvgIpc) is 3.09. The van der Waals surface area contributed by atoms with Crippen LogP contribution in [0.1, 0.15) is 83.0 Å². The largest absolute Gasteiger partial charge is 0.147 e. The summed E-state index contributed by atoms with van der Waals surface area (Å²) in [5, 5.41) is 0. The molecule has 0 aromatic heterocycles. The SMILES string of the molecule is CC(C)C1=Cc2ccccc2[CH]1[Hf]1([CH]2C(C(C)C)=Cc3ccccc32)[CH]2CCCC[CH]21.Cl.Cl. The number of halogens is 2. The van der Waals surface area contributed by atoms with Gasteiger partial charge in [-0.2, -0.15) is 0 Å². The minimum Gasteiger partial charge on any atom is -0.147 e. The van der Waals surface area contributed by atoms with Crippen molar-refractivity contribution in [3.05, 3.63) is 81.9 Å². The van der Waals surface area contributed by atoms with Crippen LogP contribution in [0.25, 0.3) is 12.2 Å². The molecule has 4 unspecified atom stereocenters. The molecule has 0 spiro atoms. The predicted molar refractivity (Wildman–Crippen MR) is 144 cm³/mol. The monoisotopic (exact) mass is 648 g/mol. The Morgan fingerprint density at radius 2 is 1.03 bits per heavy atom. The molecule has 4 atom stereocenters. The summed E-state index contributed by atoms with van der Waals surface area (Å²) in [5.74, 6) is 1.31. The van der Waals surface area contributed by atoms with E-state index in [-0.39, 0.29) is 24.8 Å². The molecular formula is C30H38Cl2Hf. The van der Waals surface area contributed by atoms with Crippen molar-refractivity contribution in [2.24, 2.45) is 11.8 Å². The summed E-state index contributed by atoms with van der Waals surface area (Å²) in [5.41, 5.74) is 10.1. The average molecular weight is 648 g/mol. The van der Waals surface area contributed by atoms with Crippen LogP contribution in [0.4, 0.5) is 0 Å². The predicted octanol–water partition coefficient (Wildman–Crippen LogP) is 9.74. The number of benzene rings is 2. The van der Waals surface area contributed by atoms with Crippen molar-refractivity contribution in [2.45, 2.75) is 68.1 Å². The maximum absolute atomic E-state index is 2.90. The number of hydrogen-bond acceptors (Lipinski definition) is 0. The van der Waals surface area contributed by atoms with E-state index in [1.54, 1.807) is 33.4 Å². The van der Waals surface area contributed by atoms with E-state index in [0.29, 0.717) is 11.8 Å². The molecule has 1 saturated carbocycles. The molecule has 176 valence electrons. The molecule has 0 radical (unpaired) electrons. The first-order valence-electron chi connectivity index (χ1n) is 12.7. The third-order valence-corrected chi connectivity index (χ3v) is 33.8. The van der Waals surface area contributed by atoms with Gasteiger partial charge in [-0.05, 0) is 0 Å². The quantitative estimate of drug-likeness (QED) is 0.290. The Bertz CT molecular complexity index is 1010. The van der Waals surface area contributed by atoms with Gasteiger partial charge in [0.25, 0.3) is 0 Å². The van der Waals surface area contributed by atoms with Crippen molar-refractivity contribution < 1.29 is 20.0 Å². The second kappa shape index (κ2) is 9.44. The number of fused-ring (bicyclic) bond motifs is 3. The molecule has 33 heavy (non-hydrogen) atoms. The van der Waals surface area contributed by atoms with Crippen molar-refractivity contribution in [3.63, 3.8) is 0 Å². The standard InChI is InChI=1S/2C12H13.C6H10.2ClH.Hf/c2*1-9(2)12-7-10-5-3-4-6-11(10)8-12;1-2-4-6-5-3-1;;;/h2*3-9H,1-2H3;1-2H,3-6H2;2*1H;. The molecule has 1 saturated heterocycles. The molecular weight excluding hydrogens is 610 g/mol. The number of allylic oxidation sites excluding steroid dienone is 2. The smallest absolute Gasteiger partial charge is 0.147 e. The van der Waals surface area contributed by atoms with Gasteiger partial charge in [0.2, 0.25) is 0 Å². The zero-order valence-electron chi connectivity index (χ0n) is 20.4. The minimum absolute atomic E-state index is 0. The van der Waals surface area contributed by atoms with Crippen LogP contribution in [0.5, 0.6) is 0 Å². The number of rotatable bonds is 4. The summed E-state index contributed by atoms with van der Waals surface area (Å²) in [6.45, 7) is 9.83. The molecule has 0 amide bonds. The summed E-state index contributed by atoms with van der Waals surface area (Å²) in [6.07, 6.45) is 11.3. The third kappa shape index (κ3) is 3.63. The van der Waals surface area contributed by atoms with Crippen LogP contribution in [0.2, 0.25) is 7.35 Å². The molecule has 3 heteroatoms. The Morgan fingerprint density at radius 1 is 0.636 bits per heavy atom. The normalized spacial score (nSPS) is 31.1. The molecule has 3 aliphatic carbocycles. The molecule has 0 N–H and O–H groups in total. The summed E-state index contributed by atoms with van der Waals surface area (Å²) < 4.78 is 3.79. The van der Waals surface area contributed by atoms with Crippen LogP contribution >= 0.6 is 24.8 Å². The van der Waals surface area contributed by atoms with E-state index in [1.165, 1.54) is 25.7 Å². The van der Waals surface area contributed by atoms with Gasteiger partial charge in [0.15, 0.2) is 0 Å². The van der Waals surface area contributed by atoms with Gasteiger partial charge in [0.1, 0.15) is 0 Å². The molecule has 1 aliphatic heterocycles. The van der Waals surface area contributed by atoms with E-state index < -0.39 is 20.0 Å². The maximum atomic E-state index is 2.62. The zero-order valence-corrected chi connectivity index (χ0v) is 25.6. The maximum Gasteiger partial charge on any atom is -0.147 e. The first kappa shape index (κ1) is 25.5. The summed E-state index contributed by atoms with van der Waals surface area (Å²) >= 11 is -2.90. The second-order valence-electron chi connectivity index (χ2n) is 11.2. The molecule has 2 aromatic carbocycles. The number of hydrogen-bond donors (Lipinski definition) is 0. The molecule has 0 nitrogen and oxygen atoms in total. The first-order chi connectivity index (χ1) is 15.0. The fraction of sp³-hybridized carbons (Fsp3) is 0.467. The zero-order chi connectivity index (χ0) is 21.3. The Kier molecular flexibility index (Phi) is 7.28. The molecule has 2 aromatic rings. The van der Waals surface area contributed by atoms with Gasteiger partial charge in [0, 0.05) is 0 Å². The second-order valence-corrected chi connectivity index (χ2v) is 27.9. The molecule has 2 fully saturated rings. The van der Waals surface area contributed by atoms with Crippen LogP contribution in [-0.2, 0) is 20.0 Å². The fourth-order valence-corrected chi connectivity index (χ4v) is 44.4. The van der Waals surface area contributed by atoms with Crippen LogP contribution in [-0.4, -0.2) is 0 Å². The fourth-order valence-electron chi connectivity index (χ4n) is 8.05. The van der Waals surface area contributed by atoms with E-state index in [9.17, 15) is 0 Å². The molecule has 1 heterocycles. The summed E-state index contributed by atoms with van der Waals surface area (Å²) in [4.78, 5) is 0. The van der Waals surface area contributed by atoms with Crippen LogP contribution < -0.4 is 0 Å². The molecule has 6 rings (SSSR count). The van der Waals surface area contributed by atoms with E-state index in [0.717, 1.165) is 14.7 Å². The van der Waals surface area contributed by atoms with Gasteiger partial charge in [-0.15, -0.1) is 24.8 Å². The molecule has 4 aliphatic rings. The van der Waals surface area contributed by atoms with Gasteiger partial charge in [-0.3, -0.25) is 0 Å². The van der Waals surface area contributed by atoms with Crippen molar-refractivity contribution in [2.75, 3.05) is 0 Å². The van der Waals surface area contributed by atoms with E-state index in [1.807, 2.05) is 0 Å². The van der Waals surface area contributed by atoms with Gasteiger partial charge < -0.3 is 0 Å². The Hall–Kier alpha value is -0.630. The third-order valence-electron chi connectivity index (χ3n) is 9.20. The van der Waals surface area contributed by atoms with Crippen LogP contribution in [0, 0.1) is 11.8 Å². The Labute approximate surface area is 217 Å².